The number of ether oxygens (including phenoxy) is 1. The Morgan fingerprint density at radius 1 is 1.29 bits per heavy atom. The lowest BCUT2D eigenvalue weighted by Gasteiger charge is -2.35. The van der Waals surface area contributed by atoms with Gasteiger partial charge in [-0.3, -0.25) is 15.0 Å². The average Bonchev–Trinajstić information content (AvgIpc) is 3.22. The molecule has 0 saturated heterocycles. The first-order chi connectivity index (χ1) is 14.9. The highest BCUT2D eigenvalue weighted by atomic mass is 35.5. The number of esters is 1. The summed E-state index contributed by atoms with van der Waals surface area (Å²) in [5.41, 5.74) is 2.90. The molecule has 1 aromatic heterocycles. The third-order valence-electron chi connectivity index (χ3n) is 5.54. The predicted molar refractivity (Wildman–Crippen MR) is 121 cm³/mol. The first kappa shape index (κ1) is 21.5. The molecule has 160 valence electrons. The summed E-state index contributed by atoms with van der Waals surface area (Å²) in [7, 11) is 0. The molecule has 0 saturated carbocycles. The van der Waals surface area contributed by atoms with Crippen molar-refractivity contribution in [3.05, 3.63) is 96.2 Å². The van der Waals surface area contributed by atoms with Crippen LogP contribution in [0.4, 0.5) is 5.69 Å². The van der Waals surface area contributed by atoms with Gasteiger partial charge in [0.05, 0.1) is 16.5 Å². The second-order valence-corrected chi connectivity index (χ2v) is 8.89. The molecule has 0 amide bonds. The number of rotatable bonds is 6. The normalized spacial score (nSPS) is 14.6. The first-order valence-electron chi connectivity index (χ1n) is 9.90. The van der Waals surface area contributed by atoms with Crippen LogP contribution in [0.15, 0.2) is 53.9 Å². The number of carbonyl (C=O) groups excluding carboxylic acids is 1. The minimum atomic E-state index is -0.511. The molecule has 3 aromatic rings. The fraction of sp³-hybridized carbons (Fsp3) is 0.261. The van der Waals surface area contributed by atoms with E-state index in [0.717, 1.165) is 25.1 Å². The summed E-state index contributed by atoms with van der Waals surface area (Å²) in [4.78, 5) is 26.9. The minimum Gasteiger partial charge on any atom is -0.460 e. The molecule has 1 unspecified atom stereocenters. The first-order valence-corrected chi connectivity index (χ1v) is 11.2. The van der Waals surface area contributed by atoms with E-state index in [1.807, 2.05) is 24.3 Å². The fourth-order valence-electron chi connectivity index (χ4n) is 3.90. The minimum absolute atomic E-state index is 0.0228. The van der Waals surface area contributed by atoms with E-state index < -0.39 is 10.9 Å². The van der Waals surface area contributed by atoms with E-state index in [1.165, 1.54) is 28.6 Å². The van der Waals surface area contributed by atoms with Gasteiger partial charge in [0.15, 0.2) is 0 Å². The summed E-state index contributed by atoms with van der Waals surface area (Å²) in [6.45, 7) is 3.35. The number of nitro benzene ring substituents is 1. The van der Waals surface area contributed by atoms with Crippen molar-refractivity contribution in [2.75, 3.05) is 13.2 Å². The van der Waals surface area contributed by atoms with E-state index in [2.05, 4.69) is 16.3 Å². The highest BCUT2D eigenvalue weighted by Crippen LogP contribution is 2.33. The van der Waals surface area contributed by atoms with Gasteiger partial charge >= 0.3 is 5.97 Å². The average molecular weight is 457 g/mol. The van der Waals surface area contributed by atoms with Gasteiger partial charge in [-0.1, -0.05) is 29.8 Å². The predicted octanol–water partition coefficient (Wildman–Crippen LogP) is 5.57. The third kappa shape index (κ3) is 4.63. The molecule has 2 aromatic carbocycles. The molecule has 0 spiro atoms. The van der Waals surface area contributed by atoms with Crippen LogP contribution in [0.2, 0.25) is 5.02 Å². The summed E-state index contributed by atoms with van der Waals surface area (Å²) < 4.78 is 5.67. The van der Waals surface area contributed by atoms with Crippen LogP contribution in [0.5, 0.6) is 0 Å². The highest BCUT2D eigenvalue weighted by molar-refractivity contribution is 7.10. The van der Waals surface area contributed by atoms with Gasteiger partial charge in [-0.15, -0.1) is 11.3 Å². The Morgan fingerprint density at radius 3 is 2.84 bits per heavy atom. The number of nitro groups is 1. The molecule has 0 bridgehead atoms. The van der Waals surface area contributed by atoms with Crippen LogP contribution in [0.25, 0.3) is 0 Å². The number of hydrogen-bond donors (Lipinski definition) is 0. The van der Waals surface area contributed by atoms with Crippen LogP contribution < -0.4 is 0 Å². The lowest BCUT2D eigenvalue weighted by molar-refractivity contribution is -0.385. The number of benzene rings is 2. The maximum absolute atomic E-state index is 12.7. The Morgan fingerprint density at radius 2 is 2.10 bits per heavy atom. The van der Waals surface area contributed by atoms with Gasteiger partial charge < -0.3 is 4.74 Å². The molecule has 1 aliphatic heterocycles. The molecule has 0 N–H and O–H groups in total. The largest absolute Gasteiger partial charge is 0.460 e. The van der Waals surface area contributed by atoms with Crippen LogP contribution in [0, 0.1) is 17.0 Å². The molecule has 2 heterocycles. The molecule has 31 heavy (non-hydrogen) atoms. The molecule has 0 aliphatic carbocycles. The zero-order valence-electron chi connectivity index (χ0n) is 16.9. The van der Waals surface area contributed by atoms with Gasteiger partial charge in [0, 0.05) is 34.6 Å². The fourth-order valence-corrected chi connectivity index (χ4v) is 5.05. The molecular formula is C23H21ClN2O4S. The smallest absolute Gasteiger partial charge is 0.338 e. The van der Waals surface area contributed by atoms with Crippen molar-refractivity contribution >= 4 is 34.6 Å². The summed E-state index contributed by atoms with van der Waals surface area (Å²) in [5, 5.41) is 13.8. The lowest BCUT2D eigenvalue weighted by atomic mass is 10.0. The zero-order valence-corrected chi connectivity index (χ0v) is 18.5. The van der Waals surface area contributed by atoms with Crippen LogP contribution in [0.1, 0.15) is 38.0 Å². The number of nitrogens with zero attached hydrogens (tertiary/aromatic N) is 2. The molecule has 6 nitrogen and oxygen atoms in total. The molecule has 4 rings (SSSR count). The van der Waals surface area contributed by atoms with E-state index in [4.69, 9.17) is 16.3 Å². The number of halogens is 1. The van der Waals surface area contributed by atoms with E-state index in [1.54, 1.807) is 18.3 Å². The van der Waals surface area contributed by atoms with Gasteiger partial charge in [0.2, 0.25) is 0 Å². The molecule has 8 heteroatoms. The summed E-state index contributed by atoms with van der Waals surface area (Å²) >= 11 is 8.26. The van der Waals surface area contributed by atoms with Gasteiger partial charge in [0.25, 0.3) is 5.69 Å². The third-order valence-corrected chi connectivity index (χ3v) is 6.91. The quantitative estimate of drug-likeness (QED) is 0.275. The number of carbonyl (C=O) groups is 1. The molecular weight excluding hydrogens is 436 g/mol. The Bertz CT molecular complexity index is 1130. The highest BCUT2D eigenvalue weighted by Gasteiger charge is 2.28. The van der Waals surface area contributed by atoms with Crippen molar-refractivity contribution in [3.63, 3.8) is 0 Å². The van der Waals surface area contributed by atoms with Crippen molar-refractivity contribution < 1.29 is 14.5 Å². The lowest BCUT2D eigenvalue weighted by Crippen LogP contribution is -2.36. The summed E-state index contributed by atoms with van der Waals surface area (Å²) in [6, 6.07) is 13.8. The second kappa shape index (κ2) is 9.18. The van der Waals surface area contributed by atoms with Gasteiger partial charge in [-0.25, -0.2) is 4.79 Å². The van der Waals surface area contributed by atoms with Crippen molar-refractivity contribution in [1.82, 2.24) is 4.90 Å². The molecule has 0 radical (unpaired) electrons. The zero-order chi connectivity index (χ0) is 22.0. The van der Waals surface area contributed by atoms with Crippen molar-refractivity contribution in [2.45, 2.75) is 25.9 Å². The monoisotopic (exact) mass is 456 g/mol. The standard InChI is InChI=1S/C23H21ClN2O4S/c1-15-12-16(6-7-20(15)26(28)29)23(27)30-14-21(18-4-2-3-5-19(18)24)25-10-8-22-17(13-25)9-11-31-22/h2-7,9,11-12,21H,8,10,13-14H2,1H3. The molecule has 1 aliphatic rings. The number of thiophene rings is 1. The number of fused-ring (bicyclic) bond motifs is 1. The van der Waals surface area contributed by atoms with E-state index in [9.17, 15) is 14.9 Å². The number of hydrogen-bond acceptors (Lipinski definition) is 6. The van der Waals surface area contributed by atoms with Crippen molar-refractivity contribution in [1.29, 1.82) is 0 Å². The Hall–Kier alpha value is -2.74. The molecule has 1 atom stereocenters. The SMILES string of the molecule is Cc1cc(C(=O)OCC(c2ccccc2Cl)N2CCc3sccc3C2)ccc1[N+](=O)[O-]. The van der Waals surface area contributed by atoms with E-state index in [-0.39, 0.29) is 18.3 Å². The van der Waals surface area contributed by atoms with Gasteiger partial charge in [-0.05, 0) is 54.1 Å². The Balaban J connectivity index is 1.54. The second-order valence-electron chi connectivity index (χ2n) is 7.48. The van der Waals surface area contributed by atoms with Crippen LogP contribution in [-0.4, -0.2) is 28.9 Å². The van der Waals surface area contributed by atoms with E-state index >= 15 is 0 Å². The maximum atomic E-state index is 12.7. The Labute approximate surface area is 189 Å². The maximum Gasteiger partial charge on any atom is 0.338 e. The van der Waals surface area contributed by atoms with E-state index in [0.29, 0.717) is 16.1 Å². The van der Waals surface area contributed by atoms with Crippen molar-refractivity contribution in [2.24, 2.45) is 0 Å². The van der Waals surface area contributed by atoms with Crippen LogP contribution >= 0.6 is 22.9 Å². The summed E-state index contributed by atoms with van der Waals surface area (Å²) in [5.74, 6) is -0.511. The topological polar surface area (TPSA) is 72.7 Å². The van der Waals surface area contributed by atoms with Crippen LogP contribution in [-0.2, 0) is 17.7 Å². The molecule has 0 fully saturated rings. The van der Waals surface area contributed by atoms with Gasteiger partial charge in [0.1, 0.15) is 6.61 Å². The van der Waals surface area contributed by atoms with Crippen molar-refractivity contribution in [3.8, 4) is 0 Å². The Kier molecular flexibility index (Phi) is 6.36. The number of aryl methyl sites for hydroxylation is 1. The van der Waals surface area contributed by atoms with Gasteiger partial charge in [-0.2, -0.15) is 0 Å². The van der Waals surface area contributed by atoms with Crippen LogP contribution in [0.3, 0.4) is 0 Å². The summed E-state index contributed by atoms with van der Waals surface area (Å²) in [6.07, 6.45) is 0.948.